The summed E-state index contributed by atoms with van der Waals surface area (Å²) in [6, 6.07) is 3.08. The Balaban J connectivity index is 1.88. The molecule has 3 N–H and O–H groups in total. The quantitative estimate of drug-likeness (QED) is 0.875. The second-order valence-electron chi connectivity index (χ2n) is 7.33. The van der Waals surface area contributed by atoms with Gasteiger partial charge in [0.1, 0.15) is 11.4 Å². The van der Waals surface area contributed by atoms with Crippen LogP contribution in [-0.4, -0.2) is 35.3 Å². The van der Waals surface area contributed by atoms with E-state index >= 15 is 0 Å². The van der Waals surface area contributed by atoms with Gasteiger partial charge in [-0.1, -0.05) is 0 Å². The predicted octanol–water partition coefficient (Wildman–Crippen LogP) is 2.35. The highest BCUT2D eigenvalue weighted by Gasteiger charge is 2.28. The number of hydrogen-bond donors (Lipinski definition) is 2. The SMILES string of the molecule is NCC1CCCN(c2cc3c(cc2F)c(=O)c(C(=O)O)cn3C2CC2)C1. The summed E-state index contributed by atoms with van der Waals surface area (Å²) >= 11 is 0. The summed E-state index contributed by atoms with van der Waals surface area (Å²) in [5.74, 6) is -1.44. The maximum atomic E-state index is 14.8. The number of carbonyl (C=O) groups is 1. The lowest BCUT2D eigenvalue weighted by Gasteiger charge is -2.34. The second-order valence-corrected chi connectivity index (χ2v) is 7.33. The van der Waals surface area contributed by atoms with Crippen LogP contribution in [-0.2, 0) is 0 Å². The standard InChI is InChI=1S/C19H22FN3O3/c20-15-6-13-16(7-17(15)22-5-1-2-11(8-21)9-22)23(12-3-4-12)10-14(18(13)24)19(25)26/h6-7,10-12H,1-5,8-9,21H2,(H,25,26). The van der Waals surface area contributed by atoms with Crippen LogP contribution in [0.4, 0.5) is 10.1 Å². The molecule has 7 heteroatoms. The molecular formula is C19H22FN3O3. The van der Waals surface area contributed by atoms with Crippen LogP contribution in [0.3, 0.4) is 0 Å². The number of hydrogen-bond acceptors (Lipinski definition) is 4. The average Bonchev–Trinajstić information content (AvgIpc) is 3.47. The molecule has 0 spiro atoms. The Morgan fingerprint density at radius 1 is 1.31 bits per heavy atom. The Morgan fingerprint density at radius 2 is 2.08 bits per heavy atom. The van der Waals surface area contributed by atoms with Crippen molar-refractivity contribution in [3.05, 3.63) is 39.9 Å². The van der Waals surface area contributed by atoms with Crippen molar-refractivity contribution in [2.24, 2.45) is 11.7 Å². The third kappa shape index (κ3) is 2.86. The predicted molar refractivity (Wildman–Crippen MR) is 97.4 cm³/mol. The molecule has 2 aliphatic rings. The van der Waals surface area contributed by atoms with Gasteiger partial charge in [0.2, 0.25) is 5.43 Å². The van der Waals surface area contributed by atoms with Crippen molar-refractivity contribution in [2.75, 3.05) is 24.5 Å². The van der Waals surface area contributed by atoms with Crippen LogP contribution in [0.2, 0.25) is 0 Å². The fourth-order valence-corrected chi connectivity index (χ4v) is 3.88. The van der Waals surface area contributed by atoms with E-state index in [9.17, 15) is 19.1 Å². The van der Waals surface area contributed by atoms with Gasteiger partial charge in [-0.25, -0.2) is 9.18 Å². The van der Waals surface area contributed by atoms with E-state index in [1.54, 1.807) is 6.07 Å². The normalized spacial score (nSPS) is 20.5. The Labute approximate surface area is 150 Å². The van der Waals surface area contributed by atoms with Gasteiger partial charge in [-0.15, -0.1) is 0 Å². The molecule has 0 amide bonds. The molecule has 2 aromatic rings. The third-order valence-electron chi connectivity index (χ3n) is 5.46. The lowest BCUT2D eigenvalue weighted by atomic mass is 9.97. The zero-order valence-corrected chi connectivity index (χ0v) is 14.4. The molecular weight excluding hydrogens is 337 g/mol. The summed E-state index contributed by atoms with van der Waals surface area (Å²) in [7, 11) is 0. The first kappa shape index (κ1) is 17.0. The summed E-state index contributed by atoms with van der Waals surface area (Å²) in [4.78, 5) is 25.9. The summed E-state index contributed by atoms with van der Waals surface area (Å²) < 4.78 is 16.7. The molecule has 2 fully saturated rings. The van der Waals surface area contributed by atoms with E-state index in [0.29, 0.717) is 30.2 Å². The number of fused-ring (bicyclic) bond motifs is 1. The van der Waals surface area contributed by atoms with Crippen molar-refractivity contribution >= 4 is 22.6 Å². The number of nitrogens with two attached hydrogens (primary N) is 1. The van der Waals surface area contributed by atoms with Crippen LogP contribution in [0.15, 0.2) is 23.1 Å². The van der Waals surface area contributed by atoms with Crippen molar-refractivity contribution in [1.82, 2.24) is 4.57 Å². The van der Waals surface area contributed by atoms with Crippen molar-refractivity contribution in [2.45, 2.75) is 31.7 Å². The molecule has 1 aromatic carbocycles. The second kappa shape index (κ2) is 6.39. The topological polar surface area (TPSA) is 88.6 Å². The number of pyridine rings is 1. The maximum absolute atomic E-state index is 14.8. The fraction of sp³-hybridized carbons (Fsp3) is 0.474. The molecule has 0 radical (unpaired) electrons. The minimum absolute atomic E-state index is 0.130. The van der Waals surface area contributed by atoms with Gasteiger partial charge in [-0.05, 0) is 50.3 Å². The molecule has 1 saturated carbocycles. The first-order chi connectivity index (χ1) is 12.5. The number of benzene rings is 1. The highest BCUT2D eigenvalue weighted by Crippen LogP contribution is 2.38. The first-order valence-corrected chi connectivity index (χ1v) is 9.06. The van der Waals surface area contributed by atoms with Crippen molar-refractivity contribution < 1.29 is 14.3 Å². The van der Waals surface area contributed by atoms with E-state index in [0.717, 1.165) is 32.2 Å². The Kier molecular flexibility index (Phi) is 4.19. The summed E-state index contributed by atoms with van der Waals surface area (Å²) in [5, 5.41) is 9.44. The van der Waals surface area contributed by atoms with E-state index in [2.05, 4.69) is 0 Å². The number of carboxylic acid groups (broad SMARTS) is 1. The molecule has 1 unspecified atom stereocenters. The summed E-state index contributed by atoms with van der Waals surface area (Å²) in [6.45, 7) is 2.01. The smallest absolute Gasteiger partial charge is 0.341 e. The first-order valence-electron chi connectivity index (χ1n) is 9.06. The van der Waals surface area contributed by atoms with Crippen LogP contribution in [0.1, 0.15) is 42.1 Å². The molecule has 1 aliphatic carbocycles. The van der Waals surface area contributed by atoms with Crippen molar-refractivity contribution in [3.8, 4) is 0 Å². The summed E-state index contributed by atoms with van der Waals surface area (Å²) in [5.41, 5.74) is 5.92. The zero-order valence-electron chi connectivity index (χ0n) is 14.4. The lowest BCUT2D eigenvalue weighted by molar-refractivity contribution is 0.0695. The molecule has 1 atom stereocenters. The number of halogens is 1. The number of piperidine rings is 1. The highest BCUT2D eigenvalue weighted by molar-refractivity contribution is 5.93. The highest BCUT2D eigenvalue weighted by atomic mass is 19.1. The molecule has 4 rings (SSSR count). The molecule has 1 saturated heterocycles. The van der Waals surface area contributed by atoms with Gasteiger partial charge in [-0.2, -0.15) is 0 Å². The van der Waals surface area contributed by atoms with Gasteiger partial charge >= 0.3 is 5.97 Å². The maximum Gasteiger partial charge on any atom is 0.341 e. The molecule has 1 aromatic heterocycles. The molecule has 2 heterocycles. The minimum atomic E-state index is -1.28. The van der Waals surface area contributed by atoms with Crippen LogP contribution < -0.4 is 16.1 Å². The largest absolute Gasteiger partial charge is 0.477 e. The molecule has 6 nitrogen and oxygen atoms in total. The molecule has 138 valence electrons. The van der Waals surface area contributed by atoms with Crippen LogP contribution in [0.25, 0.3) is 10.9 Å². The van der Waals surface area contributed by atoms with E-state index in [-0.39, 0.29) is 17.0 Å². The van der Waals surface area contributed by atoms with Gasteiger partial charge in [0, 0.05) is 30.7 Å². The Morgan fingerprint density at radius 3 is 2.73 bits per heavy atom. The van der Waals surface area contributed by atoms with E-state index in [1.165, 1.54) is 12.3 Å². The molecule has 1 aliphatic heterocycles. The molecule has 0 bridgehead atoms. The van der Waals surface area contributed by atoms with E-state index in [1.807, 2.05) is 9.47 Å². The van der Waals surface area contributed by atoms with Crippen molar-refractivity contribution in [3.63, 3.8) is 0 Å². The zero-order chi connectivity index (χ0) is 18.4. The van der Waals surface area contributed by atoms with Crippen LogP contribution >= 0.6 is 0 Å². The fourth-order valence-electron chi connectivity index (χ4n) is 3.88. The van der Waals surface area contributed by atoms with Crippen molar-refractivity contribution in [1.29, 1.82) is 0 Å². The Bertz CT molecular complexity index is 936. The van der Waals surface area contributed by atoms with E-state index < -0.39 is 17.2 Å². The van der Waals surface area contributed by atoms with Gasteiger partial charge < -0.3 is 20.3 Å². The van der Waals surface area contributed by atoms with Gasteiger partial charge in [0.15, 0.2) is 0 Å². The number of rotatable bonds is 4. The van der Waals surface area contributed by atoms with E-state index in [4.69, 9.17) is 5.73 Å². The Hall–Kier alpha value is -2.41. The number of aromatic nitrogens is 1. The third-order valence-corrected chi connectivity index (χ3v) is 5.46. The lowest BCUT2D eigenvalue weighted by Crippen LogP contribution is -2.38. The molecule has 26 heavy (non-hydrogen) atoms. The number of aromatic carboxylic acids is 1. The van der Waals surface area contributed by atoms with Crippen LogP contribution in [0, 0.1) is 11.7 Å². The van der Waals surface area contributed by atoms with Crippen LogP contribution in [0.5, 0.6) is 0 Å². The van der Waals surface area contributed by atoms with Gasteiger partial charge in [0.25, 0.3) is 0 Å². The average molecular weight is 359 g/mol. The monoisotopic (exact) mass is 359 g/mol. The minimum Gasteiger partial charge on any atom is -0.477 e. The number of carboxylic acids is 1. The van der Waals surface area contributed by atoms with Gasteiger partial charge in [-0.3, -0.25) is 4.79 Å². The number of anilines is 1. The number of nitrogens with zero attached hydrogens (tertiary/aromatic N) is 2. The van der Waals surface area contributed by atoms with Gasteiger partial charge in [0.05, 0.1) is 11.2 Å². The summed E-state index contributed by atoms with van der Waals surface area (Å²) in [6.07, 6.45) is 5.26.